The highest BCUT2D eigenvalue weighted by Crippen LogP contribution is 2.25. The summed E-state index contributed by atoms with van der Waals surface area (Å²) in [6.45, 7) is 7.50. The highest BCUT2D eigenvalue weighted by molar-refractivity contribution is 6.20. The molecule has 106 valence electrons. The number of hydrogen-bond acceptors (Lipinski definition) is 2. The summed E-state index contributed by atoms with van der Waals surface area (Å²) in [6.07, 6.45) is 1.09. The molecule has 1 aliphatic rings. The van der Waals surface area contributed by atoms with Gasteiger partial charge in [0.25, 0.3) is 0 Å². The molecular formula is C17H21ClN2. The van der Waals surface area contributed by atoms with Crippen LogP contribution >= 0.6 is 11.6 Å². The maximum Gasteiger partial charge on any atom is 0.0708 e. The van der Waals surface area contributed by atoms with E-state index in [1.54, 1.807) is 0 Å². The minimum atomic E-state index is 0.335. The second kappa shape index (κ2) is 5.71. The molecule has 2 heterocycles. The first-order valence-electron chi connectivity index (χ1n) is 7.35. The topological polar surface area (TPSA) is 16.1 Å². The lowest BCUT2D eigenvalue weighted by atomic mass is 9.98. The van der Waals surface area contributed by atoms with Gasteiger partial charge in [0, 0.05) is 29.5 Å². The molecule has 3 rings (SSSR count). The molecule has 0 N–H and O–H groups in total. The van der Waals surface area contributed by atoms with Crippen molar-refractivity contribution < 1.29 is 0 Å². The Hall–Kier alpha value is -1.12. The lowest BCUT2D eigenvalue weighted by Crippen LogP contribution is -2.39. The van der Waals surface area contributed by atoms with Gasteiger partial charge in [-0.2, -0.15) is 0 Å². The molecule has 2 nitrogen and oxygen atoms in total. The van der Waals surface area contributed by atoms with Crippen molar-refractivity contribution in [1.29, 1.82) is 0 Å². The first kappa shape index (κ1) is 13.8. The normalized spacial score (nSPS) is 24.1. The number of alkyl halides is 1. The average Bonchev–Trinajstić information content (AvgIpc) is 2.43. The monoisotopic (exact) mass is 288 g/mol. The number of benzene rings is 1. The second-order valence-electron chi connectivity index (χ2n) is 5.96. The smallest absolute Gasteiger partial charge is 0.0708 e. The number of hydrogen-bond donors (Lipinski definition) is 0. The van der Waals surface area contributed by atoms with Crippen molar-refractivity contribution in [3.8, 4) is 0 Å². The van der Waals surface area contributed by atoms with Crippen LogP contribution < -0.4 is 0 Å². The van der Waals surface area contributed by atoms with E-state index < -0.39 is 0 Å². The fraction of sp³-hybridized carbons (Fsp3) is 0.471. The number of rotatable bonds is 2. The van der Waals surface area contributed by atoms with E-state index in [0.29, 0.717) is 11.3 Å². The fourth-order valence-corrected chi connectivity index (χ4v) is 3.29. The lowest BCUT2D eigenvalue weighted by molar-refractivity contribution is 0.180. The molecule has 2 unspecified atom stereocenters. The first-order valence-corrected chi connectivity index (χ1v) is 7.79. The molecule has 2 aromatic rings. The number of fused-ring (bicyclic) bond motifs is 1. The molecule has 2 atom stereocenters. The van der Waals surface area contributed by atoms with Crippen LogP contribution in [0.3, 0.4) is 0 Å². The maximum absolute atomic E-state index is 6.32. The van der Waals surface area contributed by atoms with Crippen molar-refractivity contribution in [2.75, 3.05) is 13.1 Å². The number of aryl methyl sites for hydroxylation is 1. The van der Waals surface area contributed by atoms with Crippen LogP contribution in [0.1, 0.15) is 24.6 Å². The number of halogens is 1. The SMILES string of the molecule is Cc1cc(CN2CCC(Cl)C(C)C2)c2ccccc2n1. The number of likely N-dealkylation sites (tertiary alicyclic amines) is 1. The summed E-state index contributed by atoms with van der Waals surface area (Å²) in [5.41, 5.74) is 3.58. The summed E-state index contributed by atoms with van der Waals surface area (Å²) in [4.78, 5) is 7.14. The molecule has 0 aliphatic carbocycles. The minimum Gasteiger partial charge on any atom is -0.299 e. The van der Waals surface area contributed by atoms with E-state index in [9.17, 15) is 0 Å². The minimum absolute atomic E-state index is 0.335. The molecule has 1 saturated heterocycles. The third-order valence-electron chi connectivity index (χ3n) is 4.21. The van der Waals surface area contributed by atoms with Crippen molar-refractivity contribution in [1.82, 2.24) is 9.88 Å². The standard InChI is InChI=1S/C17H21ClN2/c1-12-10-20(8-7-16(12)18)11-14-9-13(2)19-17-6-4-3-5-15(14)17/h3-6,9,12,16H,7-8,10-11H2,1-2H3. The Morgan fingerprint density at radius 1 is 1.35 bits per heavy atom. The van der Waals surface area contributed by atoms with Gasteiger partial charge in [-0.3, -0.25) is 9.88 Å². The van der Waals surface area contributed by atoms with E-state index in [2.05, 4.69) is 54.1 Å². The van der Waals surface area contributed by atoms with Crippen LogP contribution in [0.25, 0.3) is 10.9 Å². The van der Waals surface area contributed by atoms with Gasteiger partial charge in [0.15, 0.2) is 0 Å². The lowest BCUT2D eigenvalue weighted by Gasteiger charge is -2.34. The molecule has 1 aliphatic heterocycles. The Balaban J connectivity index is 1.87. The van der Waals surface area contributed by atoms with Gasteiger partial charge >= 0.3 is 0 Å². The molecular weight excluding hydrogens is 268 g/mol. The zero-order valence-corrected chi connectivity index (χ0v) is 12.9. The fourth-order valence-electron chi connectivity index (χ4n) is 3.11. The molecule has 1 aromatic heterocycles. The molecule has 1 aromatic carbocycles. The average molecular weight is 289 g/mol. The number of nitrogens with zero attached hydrogens (tertiary/aromatic N) is 2. The van der Waals surface area contributed by atoms with Crippen LogP contribution in [-0.2, 0) is 6.54 Å². The van der Waals surface area contributed by atoms with E-state index in [1.165, 1.54) is 10.9 Å². The molecule has 0 spiro atoms. The molecule has 1 fully saturated rings. The van der Waals surface area contributed by atoms with E-state index in [-0.39, 0.29) is 0 Å². The van der Waals surface area contributed by atoms with Crippen molar-refractivity contribution in [3.63, 3.8) is 0 Å². The predicted molar refractivity (Wildman–Crippen MR) is 85.2 cm³/mol. The van der Waals surface area contributed by atoms with Crippen molar-refractivity contribution >= 4 is 22.5 Å². The van der Waals surface area contributed by atoms with Crippen LogP contribution in [0.2, 0.25) is 0 Å². The van der Waals surface area contributed by atoms with Crippen molar-refractivity contribution in [3.05, 3.63) is 41.6 Å². The van der Waals surface area contributed by atoms with Crippen molar-refractivity contribution in [2.45, 2.75) is 32.2 Å². The molecule has 0 radical (unpaired) electrons. The van der Waals surface area contributed by atoms with Gasteiger partial charge in [-0.25, -0.2) is 0 Å². The Bertz CT molecular complexity index is 611. The zero-order chi connectivity index (χ0) is 14.1. The third-order valence-corrected chi connectivity index (χ3v) is 4.86. The van der Waals surface area contributed by atoms with Crippen LogP contribution in [0.4, 0.5) is 0 Å². The number of piperidine rings is 1. The highest BCUT2D eigenvalue weighted by Gasteiger charge is 2.24. The van der Waals surface area contributed by atoms with Gasteiger partial charge in [-0.15, -0.1) is 11.6 Å². The van der Waals surface area contributed by atoms with Crippen molar-refractivity contribution in [2.24, 2.45) is 5.92 Å². The van der Waals surface area contributed by atoms with Gasteiger partial charge in [-0.1, -0.05) is 25.1 Å². The first-order chi connectivity index (χ1) is 9.63. The van der Waals surface area contributed by atoms with Crippen LogP contribution in [0, 0.1) is 12.8 Å². The van der Waals surface area contributed by atoms with E-state index in [1.807, 2.05) is 0 Å². The predicted octanol–water partition coefficient (Wildman–Crippen LogP) is 3.99. The molecule has 20 heavy (non-hydrogen) atoms. The van der Waals surface area contributed by atoms with E-state index in [4.69, 9.17) is 11.6 Å². The summed E-state index contributed by atoms with van der Waals surface area (Å²) >= 11 is 6.32. The van der Waals surface area contributed by atoms with Crippen LogP contribution in [-0.4, -0.2) is 28.4 Å². The number of aromatic nitrogens is 1. The van der Waals surface area contributed by atoms with E-state index in [0.717, 1.165) is 37.3 Å². The summed E-state index contributed by atoms with van der Waals surface area (Å²) < 4.78 is 0. The Morgan fingerprint density at radius 2 is 2.15 bits per heavy atom. The summed E-state index contributed by atoms with van der Waals surface area (Å²) in [6, 6.07) is 10.6. The quantitative estimate of drug-likeness (QED) is 0.777. The largest absolute Gasteiger partial charge is 0.299 e. The number of pyridine rings is 1. The Kier molecular flexibility index (Phi) is 3.95. The van der Waals surface area contributed by atoms with Gasteiger partial charge in [0.2, 0.25) is 0 Å². The summed E-state index contributed by atoms with van der Waals surface area (Å²) in [5, 5.41) is 1.61. The Morgan fingerprint density at radius 3 is 2.95 bits per heavy atom. The summed E-state index contributed by atoms with van der Waals surface area (Å²) in [5.74, 6) is 0.569. The third kappa shape index (κ3) is 2.82. The van der Waals surface area contributed by atoms with Crippen LogP contribution in [0.5, 0.6) is 0 Å². The Labute approximate surface area is 125 Å². The zero-order valence-electron chi connectivity index (χ0n) is 12.1. The molecule has 0 amide bonds. The molecule has 0 bridgehead atoms. The van der Waals surface area contributed by atoms with Gasteiger partial charge in [-0.05, 0) is 43.5 Å². The van der Waals surface area contributed by atoms with Gasteiger partial charge in [0.05, 0.1) is 5.52 Å². The second-order valence-corrected chi connectivity index (χ2v) is 6.52. The van der Waals surface area contributed by atoms with Gasteiger partial charge in [0.1, 0.15) is 0 Å². The highest BCUT2D eigenvalue weighted by atomic mass is 35.5. The van der Waals surface area contributed by atoms with E-state index >= 15 is 0 Å². The van der Waals surface area contributed by atoms with Gasteiger partial charge < -0.3 is 0 Å². The maximum atomic E-state index is 6.32. The summed E-state index contributed by atoms with van der Waals surface area (Å²) in [7, 11) is 0. The molecule has 3 heteroatoms. The number of para-hydroxylation sites is 1. The molecule has 0 saturated carbocycles. The van der Waals surface area contributed by atoms with Crippen LogP contribution in [0.15, 0.2) is 30.3 Å².